The third-order valence-electron chi connectivity index (χ3n) is 4.02. The Morgan fingerprint density at radius 3 is 2.00 bits per heavy atom. The minimum absolute atomic E-state index is 0.115. The fraction of sp³-hybridized carbons (Fsp3) is 1.00. The summed E-state index contributed by atoms with van der Waals surface area (Å²) in [7, 11) is 0. The molecule has 2 heterocycles. The molecular weight excluding hydrogens is 218 g/mol. The summed E-state index contributed by atoms with van der Waals surface area (Å²) in [5, 5.41) is 0. The highest BCUT2D eigenvalue weighted by molar-refractivity contribution is 5.03. The first kappa shape index (κ1) is 10.9. The first-order chi connectivity index (χ1) is 7.66. The quantitative estimate of drug-likeness (QED) is 0.639. The molecule has 0 aromatic rings. The van der Waals surface area contributed by atoms with Crippen LogP contribution < -0.4 is 0 Å². The van der Waals surface area contributed by atoms with Gasteiger partial charge < -0.3 is 14.2 Å². The summed E-state index contributed by atoms with van der Waals surface area (Å²) >= 11 is 0. The number of alkyl halides is 2. The van der Waals surface area contributed by atoms with Crippen LogP contribution in [-0.2, 0) is 14.2 Å². The van der Waals surface area contributed by atoms with Gasteiger partial charge in [0, 0.05) is 12.8 Å². The number of hydrogen-bond acceptors (Lipinski definition) is 3. The normalized spacial score (nSPS) is 40.9. The summed E-state index contributed by atoms with van der Waals surface area (Å²) in [5.74, 6) is -0.539. The maximum atomic E-state index is 13.8. The minimum atomic E-state index is -1.49. The molecular formula is C11H16F2O3. The van der Waals surface area contributed by atoms with Gasteiger partial charge in [0.25, 0.3) is 0 Å². The fourth-order valence-electron chi connectivity index (χ4n) is 3.00. The second-order valence-corrected chi connectivity index (χ2v) is 4.90. The average molecular weight is 234 g/mol. The van der Waals surface area contributed by atoms with Gasteiger partial charge in [-0.1, -0.05) is 0 Å². The Balaban J connectivity index is 1.70. The van der Waals surface area contributed by atoms with E-state index >= 15 is 0 Å². The molecule has 5 heteroatoms. The Kier molecular flexibility index (Phi) is 2.46. The number of hydrogen-bond donors (Lipinski definition) is 0. The molecule has 3 aliphatic rings. The Morgan fingerprint density at radius 1 is 0.875 bits per heavy atom. The van der Waals surface area contributed by atoms with Crippen LogP contribution in [0, 0.1) is 0 Å². The van der Waals surface area contributed by atoms with Crippen LogP contribution in [0.2, 0.25) is 0 Å². The Morgan fingerprint density at radius 2 is 1.50 bits per heavy atom. The van der Waals surface area contributed by atoms with Crippen LogP contribution in [-0.4, -0.2) is 43.6 Å². The van der Waals surface area contributed by atoms with Crippen molar-refractivity contribution in [2.75, 3.05) is 19.8 Å². The molecule has 16 heavy (non-hydrogen) atoms. The van der Waals surface area contributed by atoms with Crippen molar-refractivity contribution in [2.45, 2.75) is 49.4 Å². The lowest BCUT2D eigenvalue weighted by molar-refractivity contribution is -0.209. The molecule has 0 radical (unpaired) electrons. The highest BCUT2D eigenvalue weighted by Crippen LogP contribution is 2.47. The van der Waals surface area contributed by atoms with Crippen LogP contribution in [0.5, 0.6) is 0 Å². The molecule has 2 spiro atoms. The highest BCUT2D eigenvalue weighted by atomic mass is 19.2. The zero-order chi connectivity index (χ0) is 11.2. The van der Waals surface area contributed by atoms with Crippen molar-refractivity contribution in [2.24, 2.45) is 0 Å². The van der Waals surface area contributed by atoms with Crippen molar-refractivity contribution in [1.82, 2.24) is 0 Å². The van der Waals surface area contributed by atoms with Crippen LogP contribution in [0.25, 0.3) is 0 Å². The largest absolute Gasteiger partial charge is 0.369 e. The van der Waals surface area contributed by atoms with Gasteiger partial charge in [0.05, 0.1) is 19.8 Å². The van der Waals surface area contributed by atoms with Gasteiger partial charge in [0.1, 0.15) is 5.60 Å². The lowest BCUT2D eigenvalue weighted by atomic mass is 9.78. The van der Waals surface area contributed by atoms with E-state index in [1.807, 2.05) is 0 Å². The maximum absolute atomic E-state index is 13.8. The molecule has 3 rings (SSSR count). The van der Waals surface area contributed by atoms with Crippen molar-refractivity contribution < 1.29 is 23.0 Å². The molecule has 2 aliphatic heterocycles. The van der Waals surface area contributed by atoms with E-state index in [9.17, 15) is 8.78 Å². The lowest BCUT2D eigenvalue weighted by Crippen LogP contribution is -2.48. The Labute approximate surface area is 93.0 Å². The van der Waals surface area contributed by atoms with Crippen LogP contribution in [0.15, 0.2) is 0 Å². The molecule has 0 aromatic carbocycles. The van der Waals surface area contributed by atoms with Crippen LogP contribution >= 0.6 is 0 Å². The van der Waals surface area contributed by atoms with E-state index in [1.54, 1.807) is 0 Å². The summed E-state index contributed by atoms with van der Waals surface area (Å²) in [6.07, 6.45) is -0.811. The summed E-state index contributed by atoms with van der Waals surface area (Å²) in [6, 6.07) is 0. The summed E-state index contributed by atoms with van der Waals surface area (Å²) in [6.45, 7) is 1.08. The van der Waals surface area contributed by atoms with Crippen molar-refractivity contribution in [3.05, 3.63) is 0 Å². The third kappa shape index (κ3) is 1.49. The van der Waals surface area contributed by atoms with Crippen molar-refractivity contribution in [3.63, 3.8) is 0 Å². The summed E-state index contributed by atoms with van der Waals surface area (Å²) in [5.41, 5.74) is -0.917. The van der Waals surface area contributed by atoms with Crippen molar-refractivity contribution in [3.8, 4) is 0 Å². The number of halogens is 2. The van der Waals surface area contributed by atoms with Gasteiger partial charge in [-0.25, -0.2) is 8.78 Å². The van der Waals surface area contributed by atoms with Gasteiger partial charge >= 0.3 is 0 Å². The zero-order valence-electron chi connectivity index (χ0n) is 9.09. The average Bonchev–Trinajstić information content (AvgIpc) is 2.85. The standard InChI is InChI=1S/C11H16F2O3/c12-8-7-16-10(9(8)13)1-3-11(4-2-10)14-5-6-15-11/h8-9H,1-7H2. The van der Waals surface area contributed by atoms with Crippen LogP contribution in [0.3, 0.4) is 0 Å². The van der Waals surface area contributed by atoms with Gasteiger partial charge in [-0.3, -0.25) is 0 Å². The first-order valence-corrected chi connectivity index (χ1v) is 5.86. The van der Waals surface area contributed by atoms with E-state index in [-0.39, 0.29) is 6.61 Å². The second-order valence-electron chi connectivity index (χ2n) is 4.90. The van der Waals surface area contributed by atoms with Gasteiger partial charge in [-0.2, -0.15) is 0 Å². The minimum Gasteiger partial charge on any atom is -0.369 e. The van der Waals surface area contributed by atoms with E-state index in [0.717, 1.165) is 0 Å². The smallest absolute Gasteiger partial charge is 0.168 e. The molecule has 1 saturated carbocycles. The van der Waals surface area contributed by atoms with E-state index < -0.39 is 23.7 Å². The molecule has 0 N–H and O–H groups in total. The Hall–Kier alpha value is -0.260. The van der Waals surface area contributed by atoms with E-state index in [4.69, 9.17) is 14.2 Å². The Bertz CT molecular complexity index is 268. The van der Waals surface area contributed by atoms with E-state index in [1.165, 1.54) is 0 Å². The number of ether oxygens (including phenoxy) is 3. The summed E-state index contributed by atoms with van der Waals surface area (Å²) < 4.78 is 43.4. The van der Waals surface area contributed by atoms with Crippen molar-refractivity contribution in [1.29, 1.82) is 0 Å². The van der Waals surface area contributed by atoms with E-state index in [2.05, 4.69) is 0 Å². The van der Waals surface area contributed by atoms with Crippen molar-refractivity contribution >= 4 is 0 Å². The summed E-state index contributed by atoms with van der Waals surface area (Å²) in [4.78, 5) is 0. The highest BCUT2D eigenvalue weighted by Gasteiger charge is 2.56. The van der Waals surface area contributed by atoms with Gasteiger partial charge in [-0.05, 0) is 12.8 Å². The van der Waals surface area contributed by atoms with Crippen LogP contribution in [0.4, 0.5) is 8.78 Å². The molecule has 0 bridgehead atoms. The van der Waals surface area contributed by atoms with Gasteiger partial charge in [0.15, 0.2) is 18.1 Å². The molecule has 3 fully saturated rings. The topological polar surface area (TPSA) is 27.7 Å². The molecule has 2 atom stereocenters. The molecule has 1 aliphatic carbocycles. The molecule has 92 valence electrons. The molecule has 0 aromatic heterocycles. The first-order valence-electron chi connectivity index (χ1n) is 5.86. The van der Waals surface area contributed by atoms with E-state index in [0.29, 0.717) is 38.9 Å². The fourth-order valence-corrected chi connectivity index (χ4v) is 3.00. The molecule has 0 amide bonds. The maximum Gasteiger partial charge on any atom is 0.168 e. The monoisotopic (exact) mass is 234 g/mol. The third-order valence-corrected chi connectivity index (χ3v) is 4.02. The second kappa shape index (κ2) is 3.62. The van der Waals surface area contributed by atoms with Gasteiger partial charge in [0.2, 0.25) is 0 Å². The predicted octanol–water partition coefficient (Wildman–Crippen LogP) is 1.75. The molecule has 3 nitrogen and oxygen atoms in total. The van der Waals surface area contributed by atoms with Gasteiger partial charge in [-0.15, -0.1) is 0 Å². The van der Waals surface area contributed by atoms with Crippen LogP contribution in [0.1, 0.15) is 25.7 Å². The lowest BCUT2D eigenvalue weighted by Gasteiger charge is -2.41. The predicted molar refractivity (Wildman–Crippen MR) is 51.6 cm³/mol. The zero-order valence-corrected chi connectivity index (χ0v) is 9.09. The number of rotatable bonds is 0. The molecule has 2 unspecified atom stereocenters. The SMILES string of the molecule is FC1COC2(CCC3(CC2)OCCO3)C1F. The molecule has 2 saturated heterocycles.